The lowest BCUT2D eigenvalue weighted by Gasteiger charge is -2.05. The standard InChI is InChI=1S/C19H15ClO2/c1-11(2)16-5-3-12(8-18(16)20)7-14-9-13-10-15(21)4-6-17(13)19(14)22/h3-8,10,21H,1,9H2,2H3/b14-7+. The van der Waals surface area contributed by atoms with E-state index in [1.165, 1.54) is 6.07 Å². The average molecular weight is 311 g/mol. The molecule has 1 N–H and O–H groups in total. The molecule has 0 heterocycles. The van der Waals surface area contributed by atoms with Crippen molar-refractivity contribution in [2.45, 2.75) is 13.3 Å². The van der Waals surface area contributed by atoms with Gasteiger partial charge in [-0.25, -0.2) is 0 Å². The zero-order chi connectivity index (χ0) is 15.9. The molecule has 1 aliphatic rings. The number of benzene rings is 2. The summed E-state index contributed by atoms with van der Waals surface area (Å²) >= 11 is 6.25. The maximum absolute atomic E-state index is 12.4. The highest BCUT2D eigenvalue weighted by atomic mass is 35.5. The number of carbonyl (C=O) groups is 1. The highest BCUT2D eigenvalue weighted by molar-refractivity contribution is 6.32. The lowest BCUT2D eigenvalue weighted by atomic mass is 10.0. The van der Waals surface area contributed by atoms with Gasteiger partial charge in [0, 0.05) is 22.6 Å². The van der Waals surface area contributed by atoms with Gasteiger partial charge >= 0.3 is 0 Å². The van der Waals surface area contributed by atoms with E-state index in [-0.39, 0.29) is 11.5 Å². The zero-order valence-electron chi connectivity index (χ0n) is 12.2. The summed E-state index contributed by atoms with van der Waals surface area (Å²) in [7, 11) is 0. The second-order valence-electron chi connectivity index (χ2n) is 5.54. The van der Waals surface area contributed by atoms with Crippen molar-refractivity contribution < 1.29 is 9.90 Å². The molecular formula is C19H15ClO2. The minimum absolute atomic E-state index is 0.00935. The highest BCUT2D eigenvalue weighted by Crippen LogP contribution is 2.31. The van der Waals surface area contributed by atoms with Crippen molar-refractivity contribution in [2.24, 2.45) is 0 Å². The Morgan fingerprint density at radius 2 is 2.05 bits per heavy atom. The predicted molar refractivity (Wildman–Crippen MR) is 90.3 cm³/mol. The van der Waals surface area contributed by atoms with Crippen LogP contribution in [0.1, 0.15) is 34.0 Å². The van der Waals surface area contributed by atoms with Crippen LogP contribution in [-0.2, 0) is 6.42 Å². The third kappa shape index (κ3) is 2.58. The minimum Gasteiger partial charge on any atom is -0.508 e. The van der Waals surface area contributed by atoms with Crippen LogP contribution < -0.4 is 0 Å². The molecule has 2 nitrogen and oxygen atoms in total. The van der Waals surface area contributed by atoms with Crippen LogP contribution in [0, 0.1) is 0 Å². The van der Waals surface area contributed by atoms with E-state index >= 15 is 0 Å². The molecule has 0 amide bonds. The Balaban J connectivity index is 1.96. The molecule has 110 valence electrons. The average Bonchev–Trinajstić information content (AvgIpc) is 2.74. The summed E-state index contributed by atoms with van der Waals surface area (Å²) in [5.41, 5.74) is 4.93. The third-order valence-electron chi connectivity index (χ3n) is 3.80. The summed E-state index contributed by atoms with van der Waals surface area (Å²) in [5.74, 6) is 0.191. The number of allylic oxidation sites excluding steroid dienone is 2. The van der Waals surface area contributed by atoms with Crippen LogP contribution in [0.15, 0.2) is 48.6 Å². The monoisotopic (exact) mass is 310 g/mol. The number of phenolic OH excluding ortho intramolecular Hbond substituents is 1. The number of phenols is 1. The normalized spacial score (nSPS) is 15.2. The highest BCUT2D eigenvalue weighted by Gasteiger charge is 2.24. The first-order chi connectivity index (χ1) is 10.5. The van der Waals surface area contributed by atoms with E-state index < -0.39 is 0 Å². The van der Waals surface area contributed by atoms with Gasteiger partial charge in [0.05, 0.1) is 0 Å². The Labute approximate surface area is 134 Å². The number of aromatic hydroxyl groups is 1. The van der Waals surface area contributed by atoms with E-state index in [0.717, 1.165) is 22.3 Å². The van der Waals surface area contributed by atoms with Gasteiger partial charge in [0.15, 0.2) is 5.78 Å². The van der Waals surface area contributed by atoms with Gasteiger partial charge in [-0.3, -0.25) is 4.79 Å². The van der Waals surface area contributed by atoms with Crippen molar-refractivity contribution in [3.05, 3.63) is 75.8 Å². The predicted octanol–water partition coefficient (Wildman–Crippen LogP) is 4.90. The molecule has 3 rings (SSSR count). The summed E-state index contributed by atoms with van der Waals surface area (Å²) < 4.78 is 0. The molecule has 3 heteroatoms. The molecule has 0 fully saturated rings. The lowest BCUT2D eigenvalue weighted by Crippen LogP contribution is -1.95. The van der Waals surface area contributed by atoms with E-state index in [1.54, 1.807) is 12.1 Å². The van der Waals surface area contributed by atoms with Gasteiger partial charge in [-0.15, -0.1) is 0 Å². The van der Waals surface area contributed by atoms with Crippen LogP contribution in [0.4, 0.5) is 0 Å². The molecule has 1 aliphatic carbocycles. The second-order valence-corrected chi connectivity index (χ2v) is 5.94. The summed E-state index contributed by atoms with van der Waals surface area (Å²) in [6, 6.07) is 10.5. The smallest absolute Gasteiger partial charge is 0.189 e. The SMILES string of the molecule is C=C(C)c1ccc(/C=C2\Cc3cc(O)ccc3C2=O)cc1Cl. The summed E-state index contributed by atoms with van der Waals surface area (Å²) in [5, 5.41) is 10.1. The first-order valence-corrected chi connectivity index (χ1v) is 7.36. The molecule has 0 saturated heterocycles. The van der Waals surface area contributed by atoms with Gasteiger partial charge < -0.3 is 5.11 Å². The van der Waals surface area contributed by atoms with Crippen LogP contribution in [0.25, 0.3) is 11.6 Å². The van der Waals surface area contributed by atoms with E-state index in [4.69, 9.17) is 11.6 Å². The number of halogens is 1. The Hall–Kier alpha value is -2.32. The van der Waals surface area contributed by atoms with E-state index in [2.05, 4.69) is 6.58 Å². The van der Waals surface area contributed by atoms with Gasteiger partial charge in [-0.05, 0) is 59.5 Å². The number of rotatable bonds is 2. The number of Topliss-reactive ketones (excluding diaryl/α,β-unsaturated/α-hetero) is 1. The lowest BCUT2D eigenvalue weighted by molar-refractivity contribution is 0.104. The van der Waals surface area contributed by atoms with Gasteiger partial charge in [0.2, 0.25) is 0 Å². The van der Waals surface area contributed by atoms with Crippen LogP contribution in [0.3, 0.4) is 0 Å². The van der Waals surface area contributed by atoms with Crippen LogP contribution in [0.2, 0.25) is 5.02 Å². The molecule has 0 saturated carbocycles. The molecule has 0 aliphatic heterocycles. The number of fused-ring (bicyclic) bond motifs is 1. The molecule has 2 aromatic rings. The fourth-order valence-corrected chi connectivity index (χ4v) is 3.04. The fraction of sp³-hybridized carbons (Fsp3) is 0.105. The molecule has 22 heavy (non-hydrogen) atoms. The number of ketones is 1. The second kappa shape index (κ2) is 5.47. The Kier molecular flexibility index (Phi) is 3.63. The molecule has 0 unspecified atom stereocenters. The molecule has 0 spiro atoms. The van der Waals surface area contributed by atoms with Gasteiger partial charge in [-0.1, -0.05) is 30.3 Å². The summed E-state index contributed by atoms with van der Waals surface area (Å²) in [4.78, 5) is 12.4. The maximum atomic E-state index is 12.4. The molecule has 0 atom stereocenters. The van der Waals surface area contributed by atoms with Crippen LogP contribution in [-0.4, -0.2) is 10.9 Å². The van der Waals surface area contributed by atoms with Gasteiger partial charge in [0.1, 0.15) is 5.75 Å². The first kappa shape index (κ1) is 14.6. The van der Waals surface area contributed by atoms with Crippen molar-refractivity contribution >= 4 is 29.0 Å². The molecule has 2 aromatic carbocycles. The summed E-state index contributed by atoms with van der Waals surface area (Å²) in [6.45, 7) is 5.79. The molecular weight excluding hydrogens is 296 g/mol. The quantitative estimate of drug-likeness (QED) is 0.801. The third-order valence-corrected chi connectivity index (χ3v) is 4.11. The number of hydrogen-bond donors (Lipinski definition) is 1. The Morgan fingerprint density at radius 3 is 2.73 bits per heavy atom. The molecule has 0 aromatic heterocycles. The Morgan fingerprint density at radius 1 is 1.27 bits per heavy atom. The van der Waals surface area contributed by atoms with Crippen LogP contribution in [0.5, 0.6) is 5.75 Å². The van der Waals surface area contributed by atoms with Crippen LogP contribution >= 0.6 is 11.6 Å². The molecule has 0 radical (unpaired) electrons. The number of carbonyl (C=O) groups excluding carboxylic acids is 1. The number of hydrogen-bond acceptors (Lipinski definition) is 2. The van der Waals surface area contributed by atoms with E-state index in [9.17, 15) is 9.90 Å². The van der Waals surface area contributed by atoms with Crippen molar-refractivity contribution in [1.82, 2.24) is 0 Å². The first-order valence-electron chi connectivity index (χ1n) is 6.98. The summed E-state index contributed by atoms with van der Waals surface area (Å²) in [6.07, 6.45) is 2.38. The van der Waals surface area contributed by atoms with Crippen molar-refractivity contribution in [2.75, 3.05) is 0 Å². The zero-order valence-corrected chi connectivity index (χ0v) is 12.9. The van der Waals surface area contributed by atoms with Crippen molar-refractivity contribution in [3.63, 3.8) is 0 Å². The minimum atomic E-state index is 0.00935. The van der Waals surface area contributed by atoms with E-state index in [0.29, 0.717) is 22.6 Å². The van der Waals surface area contributed by atoms with Crippen molar-refractivity contribution in [3.8, 4) is 5.75 Å². The van der Waals surface area contributed by atoms with Gasteiger partial charge in [0.25, 0.3) is 0 Å². The largest absolute Gasteiger partial charge is 0.508 e. The maximum Gasteiger partial charge on any atom is 0.189 e. The molecule has 0 bridgehead atoms. The Bertz CT molecular complexity index is 831. The van der Waals surface area contributed by atoms with Crippen molar-refractivity contribution in [1.29, 1.82) is 0 Å². The topological polar surface area (TPSA) is 37.3 Å². The van der Waals surface area contributed by atoms with E-state index in [1.807, 2.05) is 31.2 Å². The fourth-order valence-electron chi connectivity index (χ4n) is 2.69. The van der Waals surface area contributed by atoms with Gasteiger partial charge in [-0.2, -0.15) is 0 Å².